The molecule has 0 aliphatic carbocycles. The molecular weight excluding hydrogens is 376 g/mol. The van der Waals surface area contributed by atoms with Gasteiger partial charge in [0.1, 0.15) is 11.8 Å². The van der Waals surface area contributed by atoms with E-state index < -0.39 is 23.8 Å². The first-order valence-corrected chi connectivity index (χ1v) is 10.2. The van der Waals surface area contributed by atoms with E-state index in [9.17, 15) is 18.4 Å². The Hall–Kier alpha value is -2.03. The Balaban J connectivity index is 1.55. The van der Waals surface area contributed by atoms with E-state index >= 15 is 0 Å². The first kappa shape index (κ1) is 18.3. The molecule has 0 spiro atoms. The maximum Gasteiger partial charge on any atom is 0.414 e. The molecule has 3 aliphatic heterocycles. The van der Waals surface area contributed by atoms with Crippen molar-refractivity contribution in [1.29, 1.82) is 0 Å². The standard InChI is InChI=1S/C18H21F2N3O3S/c1-10(24)21-6-14-7-22(18(25)26-14)13-4-15(19)17(16(20)5-13)23-11-2-3-12(23)9-27-8-11/h4-5,11-12,14H,2-3,6-9H2,1H3,(H,21,24)/t11?,12?,14-/m0/s1. The summed E-state index contributed by atoms with van der Waals surface area (Å²) in [6.07, 6.45) is 0.664. The van der Waals surface area contributed by atoms with Crippen LogP contribution < -0.4 is 15.1 Å². The number of rotatable bonds is 4. The molecule has 2 unspecified atom stereocenters. The van der Waals surface area contributed by atoms with E-state index in [1.807, 2.05) is 16.7 Å². The molecule has 1 aromatic carbocycles. The Labute approximate surface area is 160 Å². The zero-order chi connectivity index (χ0) is 19.1. The molecule has 3 heterocycles. The van der Waals surface area contributed by atoms with Crippen molar-refractivity contribution in [3.8, 4) is 0 Å². The third kappa shape index (κ3) is 3.44. The Bertz CT molecular complexity index is 739. The van der Waals surface area contributed by atoms with Crippen LogP contribution in [0.2, 0.25) is 0 Å². The van der Waals surface area contributed by atoms with E-state index in [1.54, 1.807) is 0 Å². The number of hydrogen-bond acceptors (Lipinski definition) is 5. The van der Waals surface area contributed by atoms with Crippen molar-refractivity contribution in [3.05, 3.63) is 23.8 Å². The number of hydrogen-bond donors (Lipinski definition) is 1. The third-order valence-electron chi connectivity index (χ3n) is 5.26. The fraction of sp³-hybridized carbons (Fsp3) is 0.556. The van der Waals surface area contributed by atoms with Gasteiger partial charge in [-0.05, 0) is 12.8 Å². The average Bonchev–Trinajstić information content (AvgIpc) is 3.08. The van der Waals surface area contributed by atoms with Gasteiger partial charge in [-0.3, -0.25) is 9.69 Å². The van der Waals surface area contributed by atoms with Gasteiger partial charge in [0.25, 0.3) is 0 Å². The molecule has 2 amide bonds. The molecule has 1 N–H and O–H groups in total. The molecule has 1 aromatic rings. The monoisotopic (exact) mass is 397 g/mol. The summed E-state index contributed by atoms with van der Waals surface area (Å²) in [5.41, 5.74) is 0.136. The van der Waals surface area contributed by atoms with Gasteiger partial charge in [0.15, 0.2) is 11.6 Å². The average molecular weight is 397 g/mol. The fourth-order valence-electron chi connectivity index (χ4n) is 4.04. The van der Waals surface area contributed by atoms with Gasteiger partial charge in [-0.2, -0.15) is 11.8 Å². The highest BCUT2D eigenvalue weighted by Gasteiger charge is 2.40. The lowest BCUT2D eigenvalue weighted by Gasteiger charge is -2.37. The van der Waals surface area contributed by atoms with Crippen LogP contribution in [0.4, 0.5) is 25.0 Å². The van der Waals surface area contributed by atoms with Crippen LogP contribution >= 0.6 is 11.8 Å². The summed E-state index contributed by atoms with van der Waals surface area (Å²) in [5.74, 6) is 0.194. The molecule has 3 aliphatic rings. The topological polar surface area (TPSA) is 61.9 Å². The minimum atomic E-state index is -0.675. The molecule has 4 rings (SSSR count). The summed E-state index contributed by atoms with van der Waals surface area (Å²) < 4.78 is 34.9. The minimum absolute atomic E-state index is 0.00825. The second-order valence-electron chi connectivity index (χ2n) is 7.14. The molecule has 146 valence electrons. The van der Waals surface area contributed by atoms with Crippen molar-refractivity contribution in [2.24, 2.45) is 0 Å². The van der Waals surface area contributed by atoms with E-state index in [1.165, 1.54) is 24.0 Å². The van der Waals surface area contributed by atoms with Gasteiger partial charge < -0.3 is 15.0 Å². The van der Waals surface area contributed by atoms with Crippen molar-refractivity contribution >= 4 is 35.1 Å². The van der Waals surface area contributed by atoms with Gasteiger partial charge in [-0.1, -0.05) is 0 Å². The van der Waals surface area contributed by atoms with Gasteiger partial charge in [-0.15, -0.1) is 0 Å². The van der Waals surface area contributed by atoms with Crippen LogP contribution in [-0.2, 0) is 9.53 Å². The highest BCUT2D eigenvalue weighted by Crippen LogP contribution is 2.41. The Morgan fingerprint density at radius 1 is 1.26 bits per heavy atom. The predicted molar refractivity (Wildman–Crippen MR) is 99.3 cm³/mol. The third-order valence-corrected chi connectivity index (χ3v) is 6.51. The molecule has 6 nitrogen and oxygen atoms in total. The molecule has 27 heavy (non-hydrogen) atoms. The van der Waals surface area contributed by atoms with Crippen molar-refractivity contribution in [2.45, 2.75) is 38.0 Å². The van der Waals surface area contributed by atoms with Crippen LogP contribution in [0.15, 0.2) is 12.1 Å². The summed E-state index contributed by atoms with van der Waals surface area (Å²) in [6, 6.07) is 2.70. The van der Waals surface area contributed by atoms with E-state index in [0.717, 1.165) is 24.3 Å². The number of carbonyl (C=O) groups excluding carboxylic acids is 2. The predicted octanol–water partition coefficient (Wildman–Crippen LogP) is 2.51. The summed E-state index contributed by atoms with van der Waals surface area (Å²) in [6.45, 7) is 1.66. The van der Waals surface area contributed by atoms with Crippen LogP contribution in [0.1, 0.15) is 19.8 Å². The maximum absolute atomic E-state index is 14.9. The molecular formula is C18H21F2N3O3S. The smallest absolute Gasteiger partial charge is 0.414 e. The number of nitrogens with zero attached hydrogens (tertiary/aromatic N) is 2. The quantitative estimate of drug-likeness (QED) is 0.846. The van der Waals surface area contributed by atoms with Crippen LogP contribution in [0.5, 0.6) is 0 Å². The highest BCUT2D eigenvalue weighted by atomic mass is 32.2. The molecule has 2 bridgehead atoms. The lowest BCUT2D eigenvalue weighted by atomic mass is 10.1. The largest absolute Gasteiger partial charge is 0.442 e. The Morgan fingerprint density at radius 2 is 1.89 bits per heavy atom. The Kier molecular flexibility index (Phi) is 4.88. The summed E-state index contributed by atoms with van der Waals surface area (Å²) in [7, 11) is 0. The molecule has 3 saturated heterocycles. The van der Waals surface area contributed by atoms with E-state index in [-0.39, 0.29) is 42.5 Å². The number of halogens is 2. The number of amides is 2. The summed E-state index contributed by atoms with van der Waals surface area (Å²) in [5, 5.41) is 2.57. The van der Waals surface area contributed by atoms with Gasteiger partial charge in [-0.25, -0.2) is 13.6 Å². The number of fused-ring (bicyclic) bond motifs is 2. The van der Waals surface area contributed by atoms with Crippen LogP contribution in [0.25, 0.3) is 0 Å². The lowest BCUT2D eigenvalue weighted by molar-refractivity contribution is -0.119. The van der Waals surface area contributed by atoms with Gasteiger partial charge in [0, 0.05) is 42.6 Å². The fourth-order valence-corrected chi connectivity index (χ4v) is 5.38. The second-order valence-corrected chi connectivity index (χ2v) is 8.22. The summed E-state index contributed by atoms with van der Waals surface area (Å²) in [4.78, 5) is 26.2. The van der Waals surface area contributed by atoms with Crippen LogP contribution in [0.3, 0.4) is 0 Å². The first-order chi connectivity index (χ1) is 12.9. The molecule has 0 aromatic heterocycles. The number of thioether (sulfide) groups is 1. The van der Waals surface area contributed by atoms with Crippen molar-refractivity contribution in [3.63, 3.8) is 0 Å². The molecule has 0 saturated carbocycles. The van der Waals surface area contributed by atoms with Crippen LogP contribution in [0, 0.1) is 11.6 Å². The maximum atomic E-state index is 14.9. The number of cyclic esters (lactones) is 1. The molecule has 3 fully saturated rings. The van der Waals surface area contributed by atoms with Crippen molar-refractivity contribution in [1.82, 2.24) is 5.32 Å². The SMILES string of the molecule is CC(=O)NC[C@H]1CN(c2cc(F)c(N3C4CCC3CSC4)c(F)c2)C(=O)O1. The van der Waals surface area contributed by atoms with Gasteiger partial charge in [0.05, 0.1) is 18.8 Å². The van der Waals surface area contributed by atoms with E-state index in [0.29, 0.717) is 0 Å². The Morgan fingerprint density at radius 3 is 2.48 bits per heavy atom. The van der Waals surface area contributed by atoms with Crippen molar-refractivity contribution in [2.75, 3.05) is 34.4 Å². The van der Waals surface area contributed by atoms with E-state index in [4.69, 9.17) is 4.74 Å². The number of nitrogens with one attached hydrogen (secondary N) is 1. The highest BCUT2D eigenvalue weighted by molar-refractivity contribution is 7.99. The first-order valence-electron chi connectivity index (χ1n) is 9.01. The zero-order valence-corrected chi connectivity index (χ0v) is 15.7. The van der Waals surface area contributed by atoms with Crippen molar-refractivity contribution < 1.29 is 23.1 Å². The molecule has 3 atom stereocenters. The molecule has 9 heteroatoms. The second kappa shape index (κ2) is 7.18. The summed E-state index contributed by atoms with van der Waals surface area (Å²) >= 11 is 1.83. The number of carbonyl (C=O) groups is 2. The van der Waals surface area contributed by atoms with Crippen LogP contribution in [-0.4, -0.2) is 54.8 Å². The molecule has 0 radical (unpaired) electrons. The zero-order valence-electron chi connectivity index (χ0n) is 14.9. The number of ether oxygens (including phenoxy) is 1. The normalized spacial score (nSPS) is 27.1. The number of benzene rings is 1. The van der Waals surface area contributed by atoms with Gasteiger partial charge >= 0.3 is 6.09 Å². The van der Waals surface area contributed by atoms with Gasteiger partial charge in [0.2, 0.25) is 5.91 Å². The van der Waals surface area contributed by atoms with E-state index in [2.05, 4.69) is 5.32 Å². The lowest BCUT2D eigenvalue weighted by Crippen LogP contribution is -2.43. The minimum Gasteiger partial charge on any atom is -0.442 e. The number of anilines is 2.